The molecule has 1 atom stereocenters. The van der Waals surface area contributed by atoms with Crippen molar-refractivity contribution >= 4 is 17.7 Å². The van der Waals surface area contributed by atoms with E-state index < -0.39 is 6.04 Å². The van der Waals surface area contributed by atoms with E-state index in [2.05, 4.69) is 10.2 Å². The van der Waals surface area contributed by atoms with Gasteiger partial charge in [-0.25, -0.2) is 0 Å². The molecule has 8 heteroatoms. The average molecular weight is 459 g/mol. The normalized spacial score (nSPS) is 18.2. The van der Waals surface area contributed by atoms with Crippen molar-refractivity contribution in [1.29, 1.82) is 0 Å². The number of hydrogen-bond donors (Lipinski definition) is 1. The van der Waals surface area contributed by atoms with Crippen molar-refractivity contribution in [3.8, 4) is 5.75 Å². The first-order valence-electron chi connectivity index (χ1n) is 12.2. The second kappa shape index (κ2) is 12.0. The van der Waals surface area contributed by atoms with Crippen LogP contribution in [-0.4, -0.2) is 90.9 Å². The summed E-state index contributed by atoms with van der Waals surface area (Å²) in [5, 5.41) is 2.92. The zero-order valence-corrected chi connectivity index (χ0v) is 20.2. The predicted octanol–water partition coefficient (Wildman–Crippen LogP) is 2.00. The summed E-state index contributed by atoms with van der Waals surface area (Å²) in [6.07, 6.45) is 3.39. The SMILES string of the molecule is CCOc1ccc(C(=O)NC(C(=O)N2CCN(CC(=O)N3CCCCC3)CC2)C(C)C)cc1. The number of carbonyl (C=O) groups excluding carboxylic acids is 3. The van der Waals surface area contributed by atoms with Crippen molar-refractivity contribution in [1.82, 2.24) is 20.0 Å². The summed E-state index contributed by atoms with van der Waals surface area (Å²) < 4.78 is 5.42. The first-order chi connectivity index (χ1) is 15.9. The van der Waals surface area contributed by atoms with Crippen molar-refractivity contribution in [3.63, 3.8) is 0 Å². The standard InChI is InChI=1S/C25H38N4O4/c1-4-33-21-10-8-20(9-11-21)24(31)26-23(19(2)3)25(32)29-16-14-27(15-17-29)18-22(30)28-12-6-5-7-13-28/h8-11,19,23H,4-7,12-18H2,1-3H3,(H,26,31). The van der Waals surface area contributed by atoms with Gasteiger partial charge in [-0.05, 0) is 56.4 Å². The number of carbonyl (C=O) groups is 3. The molecule has 8 nitrogen and oxygen atoms in total. The number of benzene rings is 1. The van der Waals surface area contributed by atoms with Crippen LogP contribution in [0.4, 0.5) is 0 Å². The van der Waals surface area contributed by atoms with Gasteiger partial charge in [0.05, 0.1) is 13.2 Å². The van der Waals surface area contributed by atoms with Gasteiger partial charge in [0.25, 0.3) is 5.91 Å². The Morgan fingerprint density at radius 3 is 2.12 bits per heavy atom. The molecule has 0 radical (unpaired) electrons. The van der Waals surface area contributed by atoms with E-state index in [9.17, 15) is 14.4 Å². The molecule has 1 unspecified atom stereocenters. The summed E-state index contributed by atoms with van der Waals surface area (Å²) in [6, 6.07) is 6.34. The molecule has 0 aromatic heterocycles. The summed E-state index contributed by atoms with van der Waals surface area (Å²) in [6.45, 7) is 11.0. The molecule has 2 aliphatic heterocycles. The molecule has 33 heavy (non-hydrogen) atoms. The number of rotatable bonds is 8. The third kappa shape index (κ3) is 6.93. The van der Waals surface area contributed by atoms with E-state index in [4.69, 9.17) is 4.74 Å². The third-order valence-corrected chi connectivity index (χ3v) is 6.40. The van der Waals surface area contributed by atoms with E-state index in [0.29, 0.717) is 50.6 Å². The fourth-order valence-electron chi connectivity index (χ4n) is 4.36. The van der Waals surface area contributed by atoms with Crippen LogP contribution in [0.1, 0.15) is 50.4 Å². The highest BCUT2D eigenvalue weighted by Gasteiger charge is 2.31. The third-order valence-electron chi connectivity index (χ3n) is 6.40. The Hall–Kier alpha value is -2.61. The lowest BCUT2D eigenvalue weighted by Gasteiger charge is -2.38. The summed E-state index contributed by atoms with van der Waals surface area (Å²) in [5.74, 6) is 0.532. The molecule has 0 spiro atoms. The van der Waals surface area contributed by atoms with Crippen LogP contribution < -0.4 is 10.1 Å². The van der Waals surface area contributed by atoms with Gasteiger partial charge in [0, 0.05) is 44.8 Å². The minimum absolute atomic E-state index is 0.0390. The first kappa shape index (κ1) is 25.0. The van der Waals surface area contributed by atoms with Crippen molar-refractivity contribution in [2.24, 2.45) is 5.92 Å². The van der Waals surface area contributed by atoms with Gasteiger partial charge in [-0.15, -0.1) is 0 Å². The van der Waals surface area contributed by atoms with Crippen LogP contribution in [-0.2, 0) is 9.59 Å². The Morgan fingerprint density at radius 1 is 0.909 bits per heavy atom. The summed E-state index contributed by atoms with van der Waals surface area (Å²) >= 11 is 0. The fourth-order valence-corrected chi connectivity index (χ4v) is 4.36. The van der Waals surface area contributed by atoms with E-state index >= 15 is 0 Å². The largest absolute Gasteiger partial charge is 0.494 e. The van der Waals surface area contributed by atoms with Gasteiger partial charge in [0.15, 0.2) is 0 Å². The maximum atomic E-state index is 13.2. The van der Waals surface area contributed by atoms with Crippen LogP contribution in [0.2, 0.25) is 0 Å². The number of amides is 3. The molecule has 0 saturated carbocycles. The van der Waals surface area contributed by atoms with Gasteiger partial charge in [-0.1, -0.05) is 13.8 Å². The highest BCUT2D eigenvalue weighted by Crippen LogP contribution is 2.15. The molecular weight excluding hydrogens is 420 g/mol. The van der Waals surface area contributed by atoms with Crippen molar-refractivity contribution in [2.45, 2.75) is 46.1 Å². The molecule has 3 rings (SSSR count). The van der Waals surface area contributed by atoms with Crippen LogP contribution in [0.15, 0.2) is 24.3 Å². The van der Waals surface area contributed by atoms with Gasteiger partial charge in [-0.3, -0.25) is 19.3 Å². The van der Waals surface area contributed by atoms with Gasteiger partial charge < -0.3 is 19.9 Å². The van der Waals surface area contributed by atoms with Gasteiger partial charge in [0.1, 0.15) is 11.8 Å². The van der Waals surface area contributed by atoms with Crippen LogP contribution in [0, 0.1) is 5.92 Å². The highest BCUT2D eigenvalue weighted by molar-refractivity contribution is 5.97. The number of piperidine rings is 1. The highest BCUT2D eigenvalue weighted by atomic mass is 16.5. The van der Waals surface area contributed by atoms with E-state index in [1.807, 2.05) is 30.6 Å². The molecule has 0 bridgehead atoms. The van der Waals surface area contributed by atoms with Crippen LogP contribution in [0.25, 0.3) is 0 Å². The molecule has 1 N–H and O–H groups in total. The molecule has 1 aromatic carbocycles. The molecule has 2 saturated heterocycles. The number of nitrogens with one attached hydrogen (secondary N) is 1. The number of piperazine rings is 1. The number of ether oxygens (including phenoxy) is 1. The summed E-state index contributed by atoms with van der Waals surface area (Å²) in [7, 11) is 0. The van der Waals surface area contributed by atoms with E-state index in [0.717, 1.165) is 25.9 Å². The molecule has 2 aliphatic rings. The van der Waals surface area contributed by atoms with E-state index in [1.165, 1.54) is 6.42 Å². The molecule has 1 aromatic rings. The Bertz CT molecular complexity index is 797. The van der Waals surface area contributed by atoms with Gasteiger partial charge >= 0.3 is 0 Å². The fraction of sp³-hybridized carbons (Fsp3) is 0.640. The second-order valence-electron chi connectivity index (χ2n) is 9.20. The maximum Gasteiger partial charge on any atom is 0.251 e. The monoisotopic (exact) mass is 458 g/mol. The zero-order valence-electron chi connectivity index (χ0n) is 20.2. The predicted molar refractivity (Wildman–Crippen MR) is 127 cm³/mol. The van der Waals surface area contributed by atoms with E-state index in [-0.39, 0.29) is 23.6 Å². The van der Waals surface area contributed by atoms with Crippen molar-refractivity contribution in [3.05, 3.63) is 29.8 Å². The molecule has 0 aliphatic carbocycles. The Morgan fingerprint density at radius 2 is 1.55 bits per heavy atom. The molecule has 2 heterocycles. The first-order valence-corrected chi connectivity index (χ1v) is 12.2. The molecule has 182 valence electrons. The second-order valence-corrected chi connectivity index (χ2v) is 9.20. The lowest BCUT2D eigenvalue weighted by Crippen LogP contribution is -2.57. The number of hydrogen-bond acceptors (Lipinski definition) is 5. The minimum Gasteiger partial charge on any atom is -0.494 e. The summed E-state index contributed by atoms with van der Waals surface area (Å²) in [5.41, 5.74) is 0.498. The lowest BCUT2D eigenvalue weighted by molar-refractivity contribution is -0.137. The van der Waals surface area contributed by atoms with Crippen LogP contribution in [0.5, 0.6) is 5.75 Å². The molecule has 2 fully saturated rings. The summed E-state index contributed by atoms with van der Waals surface area (Å²) in [4.78, 5) is 44.4. The zero-order chi connectivity index (χ0) is 23.8. The topological polar surface area (TPSA) is 82.2 Å². The van der Waals surface area contributed by atoms with Gasteiger partial charge in [0.2, 0.25) is 11.8 Å². The maximum absolute atomic E-state index is 13.2. The van der Waals surface area contributed by atoms with Crippen LogP contribution >= 0.6 is 0 Å². The molecule has 3 amide bonds. The van der Waals surface area contributed by atoms with Crippen molar-refractivity contribution in [2.75, 3.05) is 52.4 Å². The van der Waals surface area contributed by atoms with Crippen molar-refractivity contribution < 1.29 is 19.1 Å². The quantitative estimate of drug-likeness (QED) is 0.644. The number of likely N-dealkylation sites (tertiary alicyclic amines) is 1. The average Bonchev–Trinajstić information content (AvgIpc) is 2.83. The lowest BCUT2D eigenvalue weighted by atomic mass is 10.0. The Labute approximate surface area is 197 Å². The Balaban J connectivity index is 1.51. The van der Waals surface area contributed by atoms with Gasteiger partial charge in [-0.2, -0.15) is 0 Å². The Kier molecular flexibility index (Phi) is 9.11. The van der Waals surface area contributed by atoms with E-state index in [1.54, 1.807) is 24.3 Å². The molecular formula is C25H38N4O4. The van der Waals surface area contributed by atoms with Crippen LogP contribution in [0.3, 0.4) is 0 Å². The smallest absolute Gasteiger partial charge is 0.251 e. The number of nitrogens with zero attached hydrogens (tertiary/aromatic N) is 3. The minimum atomic E-state index is -0.592.